The van der Waals surface area contributed by atoms with E-state index in [0.29, 0.717) is 11.6 Å². The zero-order valence-corrected chi connectivity index (χ0v) is 12.7. The summed E-state index contributed by atoms with van der Waals surface area (Å²) in [6.45, 7) is 7.92. The Bertz CT molecular complexity index is 769. The normalized spacial score (nSPS) is 11.4. The highest BCUT2D eigenvalue weighted by Gasteiger charge is 2.15. The molecule has 3 aromatic heterocycles. The highest BCUT2D eigenvalue weighted by atomic mass is 15.1. The highest BCUT2D eigenvalue weighted by molar-refractivity contribution is 5.91. The fourth-order valence-electron chi connectivity index (χ4n) is 2.78. The van der Waals surface area contributed by atoms with Gasteiger partial charge in [-0.05, 0) is 32.8 Å². The van der Waals surface area contributed by atoms with Crippen molar-refractivity contribution in [2.75, 3.05) is 5.73 Å². The van der Waals surface area contributed by atoms with Gasteiger partial charge in [0.25, 0.3) is 0 Å². The first-order chi connectivity index (χ1) is 10.1. The lowest BCUT2D eigenvalue weighted by Crippen LogP contribution is -2.06. The summed E-state index contributed by atoms with van der Waals surface area (Å²) in [6.07, 6.45) is 6.65. The van der Waals surface area contributed by atoms with Crippen molar-refractivity contribution in [2.45, 2.75) is 40.3 Å². The average Bonchev–Trinajstić information content (AvgIpc) is 3.01. The van der Waals surface area contributed by atoms with Gasteiger partial charge in [0.2, 0.25) is 0 Å². The summed E-state index contributed by atoms with van der Waals surface area (Å²) in [6, 6.07) is 0. The number of hydrogen-bond acceptors (Lipinski definition) is 4. The Kier molecular flexibility index (Phi) is 3.37. The van der Waals surface area contributed by atoms with Crippen LogP contribution < -0.4 is 5.73 Å². The lowest BCUT2D eigenvalue weighted by atomic mass is 10.2. The van der Waals surface area contributed by atoms with Gasteiger partial charge in [0.05, 0.1) is 11.7 Å². The minimum Gasteiger partial charge on any atom is -0.383 e. The number of fused-ring (bicyclic) bond motifs is 1. The van der Waals surface area contributed by atoms with Crippen LogP contribution >= 0.6 is 0 Å². The number of nitrogen functional groups attached to an aromatic ring is 1. The molecule has 3 aromatic rings. The van der Waals surface area contributed by atoms with Crippen molar-refractivity contribution < 1.29 is 0 Å². The number of aryl methyl sites for hydroxylation is 4. The van der Waals surface area contributed by atoms with Crippen LogP contribution in [-0.2, 0) is 13.1 Å². The van der Waals surface area contributed by atoms with Gasteiger partial charge in [0.1, 0.15) is 17.3 Å². The zero-order valence-electron chi connectivity index (χ0n) is 12.7. The van der Waals surface area contributed by atoms with Crippen molar-refractivity contribution >= 4 is 16.9 Å². The maximum atomic E-state index is 6.07. The number of imidazole rings is 1. The number of nitrogens with two attached hydrogens (primary N) is 1. The van der Waals surface area contributed by atoms with Gasteiger partial charge in [0, 0.05) is 31.2 Å². The second-order valence-corrected chi connectivity index (χ2v) is 5.37. The van der Waals surface area contributed by atoms with Gasteiger partial charge in [-0.2, -0.15) is 0 Å². The molecule has 0 fully saturated rings. The molecular weight excluding hydrogens is 264 g/mol. The molecule has 6 heteroatoms. The minimum absolute atomic E-state index is 0.575. The lowest BCUT2D eigenvalue weighted by Gasteiger charge is -2.08. The smallest absolute Gasteiger partial charge is 0.146 e. The van der Waals surface area contributed by atoms with Gasteiger partial charge in [-0.15, -0.1) is 0 Å². The van der Waals surface area contributed by atoms with Crippen molar-refractivity contribution in [3.05, 3.63) is 35.8 Å². The Morgan fingerprint density at radius 2 is 1.95 bits per heavy atom. The largest absolute Gasteiger partial charge is 0.383 e. The summed E-state index contributed by atoms with van der Waals surface area (Å²) in [5.41, 5.74) is 9.40. The van der Waals surface area contributed by atoms with Crippen LogP contribution in [0.25, 0.3) is 11.0 Å². The van der Waals surface area contributed by atoms with Crippen molar-refractivity contribution in [3.8, 4) is 0 Å². The molecule has 0 atom stereocenters. The van der Waals surface area contributed by atoms with E-state index in [-0.39, 0.29) is 0 Å². The van der Waals surface area contributed by atoms with Crippen LogP contribution in [0, 0.1) is 20.8 Å². The molecule has 0 amide bonds. The first-order valence-corrected chi connectivity index (χ1v) is 7.13. The SMILES string of the molecule is Cc1nc(N)c2c(C)c(C)n(CCCn3ccnc3)c2n1. The Morgan fingerprint density at radius 3 is 2.67 bits per heavy atom. The Labute approximate surface area is 123 Å². The Balaban J connectivity index is 1.92. The number of aromatic nitrogens is 5. The molecule has 3 heterocycles. The Morgan fingerprint density at radius 1 is 1.14 bits per heavy atom. The van der Waals surface area contributed by atoms with E-state index in [1.807, 2.05) is 19.4 Å². The van der Waals surface area contributed by atoms with E-state index in [9.17, 15) is 0 Å². The van der Waals surface area contributed by atoms with Crippen molar-refractivity contribution in [2.24, 2.45) is 0 Å². The van der Waals surface area contributed by atoms with E-state index in [2.05, 4.69) is 37.9 Å². The van der Waals surface area contributed by atoms with Crippen LogP contribution in [0.4, 0.5) is 5.82 Å². The zero-order chi connectivity index (χ0) is 15.0. The van der Waals surface area contributed by atoms with E-state index >= 15 is 0 Å². The van der Waals surface area contributed by atoms with Crippen LogP contribution in [0.3, 0.4) is 0 Å². The van der Waals surface area contributed by atoms with E-state index in [1.165, 1.54) is 11.3 Å². The first-order valence-electron chi connectivity index (χ1n) is 7.13. The van der Waals surface area contributed by atoms with Crippen molar-refractivity contribution in [3.63, 3.8) is 0 Å². The van der Waals surface area contributed by atoms with Crippen LogP contribution in [0.15, 0.2) is 18.7 Å². The standard InChI is InChI=1S/C15H20N6/c1-10-11(2)21(7-4-6-20-8-5-17-9-20)15-13(10)14(16)18-12(3)19-15/h5,8-9H,4,6-7H2,1-3H3,(H2,16,18,19). The van der Waals surface area contributed by atoms with Crippen LogP contribution in [0.2, 0.25) is 0 Å². The second-order valence-electron chi connectivity index (χ2n) is 5.37. The topological polar surface area (TPSA) is 74.5 Å². The molecule has 0 aliphatic carbocycles. The predicted molar refractivity (Wildman–Crippen MR) is 83.0 cm³/mol. The van der Waals surface area contributed by atoms with Gasteiger partial charge in [-0.25, -0.2) is 15.0 Å². The molecule has 0 spiro atoms. The molecule has 0 radical (unpaired) electrons. The quantitative estimate of drug-likeness (QED) is 0.797. The molecule has 0 saturated carbocycles. The minimum atomic E-state index is 0.575. The third kappa shape index (κ3) is 2.37. The maximum Gasteiger partial charge on any atom is 0.146 e. The third-order valence-corrected chi connectivity index (χ3v) is 3.97. The van der Waals surface area contributed by atoms with E-state index < -0.39 is 0 Å². The maximum absolute atomic E-state index is 6.07. The number of anilines is 1. The summed E-state index contributed by atoms with van der Waals surface area (Å²) >= 11 is 0. The molecule has 21 heavy (non-hydrogen) atoms. The molecule has 6 nitrogen and oxygen atoms in total. The van der Waals surface area contributed by atoms with Gasteiger partial charge in [0.15, 0.2) is 0 Å². The molecule has 110 valence electrons. The average molecular weight is 284 g/mol. The molecule has 0 aliphatic heterocycles. The fraction of sp³-hybridized carbons (Fsp3) is 0.400. The Hall–Kier alpha value is -2.37. The third-order valence-electron chi connectivity index (χ3n) is 3.97. The van der Waals surface area contributed by atoms with Crippen LogP contribution in [0.5, 0.6) is 0 Å². The summed E-state index contributed by atoms with van der Waals surface area (Å²) < 4.78 is 4.33. The number of rotatable bonds is 4. The molecule has 0 aliphatic rings. The van der Waals surface area contributed by atoms with E-state index in [0.717, 1.165) is 30.5 Å². The molecule has 3 rings (SSSR count). The number of hydrogen-bond donors (Lipinski definition) is 1. The molecule has 2 N–H and O–H groups in total. The molecule has 0 saturated heterocycles. The van der Waals surface area contributed by atoms with Gasteiger partial charge in [-0.1, -0.05) is 0 Å². The second kappa shape index (κ2) is 5.20. The summed E-state index contributed by atoms with van der Waals surface area (Å²) in [7, 11) is 0. The lowest BCUT2D eigenvalue weighted by molar-refractivity contribution is 0.564. The summed E-state index contributed by atoms with van der Waals surface area (Å²) in [5, 5.41) is 0.987. The van der Waals surface area contributed by atoms with Gasteiger partial charge in [-0.3, -0.25) is 0 Å². The van der Waals surface area contributed by atoms with Crippen LogP contribution in [-0.4, -0.2) is 24.1 Å². The van der Waals surface area contributed by atoms with E-state index in [4.69, 9.17) is 5.73 Å². The van der Waals surface area contributed by atoms with Gasteiger partial charge < -0.3 is 14.9 Å². The molecule has 0 unspecified atom stereocenters. The molecule has 0 bridgehead atoms. The van der Waals surface area contributed by atoms with E-state index in [1.54, 1.807) is 6.20 Å². The summed E-state index contributed by atoms with van der Waals surface area (Å²) in [5.74, 6) is 1.29. The fourth-order valence-corrected chi connectivity index (χ4v) is 2.78. The number of nitrogens with zero attached hydrogens (tertiary/aromatic N) is 5. The molecular formula is C15H20N6. The van der Waals surface area contributed by atoms with Gasteiger partial charge >= 0.3 is 0 Å². The first kappa shape index (κ1) is 13.6. The van der Waals surface area contributed by atoms with Crippen molar-refractivity contribution in [1.82, 2.24) is 24.1 Å². The molecule has 0 aromatic carbocycles. The van der Waals surface area contributed by atoms with Crippen molar-refractivity contribution in [1.29, 1.82) is 0 Å². The summed E-state index contributed by atoms with van der Waals surface area (Å²) in [4.78, 5) is 12.9. The highest BCUT2D eigenvalue weighted by Crippen LogP contribution is 2.27. The monoisotopic (exact) mass is 284 g/mol. The predicted octanol–water partition coefficient (Wildman–Crippen LogP) is 2.23. The van der Waals surface area contributed by atoms with Crippen LogP contribution in [0.1, 0.15) is 23.5 Å².